The minimum Gasteiger partial charge on any atom is -0.493 e. The van der Waals surface area contributed by atoms with Crippen LogP contribution in [-0.4, -0.2) is 30.7 Å². The van der Waals surface area contributed by atoms with Crippen molar-refractivity contribution in [2.45, 2.75) is 6.54 Å². The molecule has 28 heavy (non-hydrogen) atoms. The molecule has 2 aromatic rings. The van der Waals surface area contributed by atoms with Gasteiger partial charge >= 0.3 is 5.97 Å². The summed E-state index contributed by atoms with van der Waals surface area (Å²) in [7, 11) is 1.37. The second kappa shape index (κ2) is 10.00. The Morgan fingerprint density at radius 2 is 2.00 bits per heavy atom. The van der Waals surface area contributed by atoms with Gasteiger partial charge in [-0.05, 0) is 29.3 Å². The monoisotopic (exact) mass is 400 g/mol. The number of carboxylic acids is 1. The van der Waals surface area contributed by atoms with Gasteiger partial charge in [-0.25, -0.2) is 4.79 Å². The third-order valence-corrected chi connectivity index (χ3v) is 3.84. The number of carbonyl (C=O) groups excluding carboxylic acids is 1. The van der Waals surface area contributed by atoms with Crippen LogP contribution in [0.1, 0.15) is 11.1 Å². The largest absolute Gasteiger partial charge is 0.493 e. The van der Waals surface area contributed by atoms with E-state index in [0.29, 0.717) is 5.56 Å². The van der Waals surface area contributed by atoms with E-state index in [2.05, 4.69) is 5.32 Å². The topological polar surface area (TPSA) is 109 Å². The van der Waals surface area contributed by atoms with Crippen molar-refractivity contribution in [2.75, 3.05) is 13.7 Å². The fourth-order valence-electron chi connectivity index (χ4n) is 2.29. The van der Waals surface area contributed by atoms with E-state index in [-0.39, 0.29) is 28.6 Å². The molecule has 0 atom stereocenters. The number of nitriles is 1. The van der Waals surface area contributed by atoms with Gasteiger partial charge in [0, 0.05) is 6.54 Å². The molecule has 1 amide bonds. The number of ether oxygens (including phenoxy) is 2. The van der Waals surface area contributed by atoms with Crippen molar-refractivity contribution in [3.05, 3.63) is 64.2 Å². The molecule has 0 aliphatic carbocycles. The van der Waals surface area contributed by atoms with E-state index in [9.17, 15) is 14.9 Å². The normalized spacial score (nSPS) is 10.7. The molecule has 2 N–H and O–H groups in total. The molecule has 0 bridgehead atoms. The van der Waals surface area contributed by atoms with Gasteiger partial charge in [-0.3, -0.25) is 4.79 Å². The van der Waals surface area contributed by atoms with Crippen LogP contribution in [0, 0.1) is 11.3 Å². The van der Waals surface area contributed by atoms with Gasteiger partial charge in [-0.15, -0.1) is 0 Å². The van der Waals surface area contributed by atoms with E-state index in [1.165, 1.54) is 25.3 Å². The van der Waals surface area contributed by atoms with Crippen LogP contribution in [0.4, 0.5) is 0 Å². The molecule has 144 valence electrons. The average molecular weight is 401 g/mol. The molecule has 2 aromatic carbocycles. The Hall–Kier alpha value is -3.50. The molecule has 0 aliphatic heterocycles. The minimum atomic E-state index is -1.16. The number of aliphatic carboxylic acids is 1. The highest BCUT2D eigenvalue weighted by Gasteiger charge is 2.15. The molecule has 8 heteroatoms. The van der Waals surface area contributed by atoms with Crippen LogP contribution in [0.3, 0.4) is 0 Å². The standard InChI is InChI=1S/C20H17ClN2O5/c1-27-17-9-14(8-16(21)19(17)28-12-18(24)25)7-15(10-22)20(26)23-11-13-5-3-2-4-6-13/h2-9H,11-12H2,1H3,(H,23,26)(H,24,25)/b15-7+. The Labute approximate surface area is 166 Å². The van der Waals surface area contributed by atoms with Crippen molar-refractivity contribution in [1.29, 1.82) is 5.26 Å². The average Bonchev–Trinajstić information content (AvgIpc) is 2.69. The first kappa shape index (κ1) is 20.8. The maximum absolute atomic E-state index is 12.3. The molecule has 0 aliphatic rings. The number of methoxy groups -OCH3 is 1. The molecular weight excluding hydrogens is 384 g/mol. The van der Waals surface area contributed by atoms with Crippen molar-refractivity contribution in [1.82, 2.24) is 5.32 Å². The third kappa shape index (κ3) is 5.76. The van der Waals surface area contributed by atoms with Crippen LogP contribution >= 0.6 is 11.6 Å². The number of benzene rings is 2. The van der Waals surface area contributed by atoms with E-state index in [0.717, 1.165) is 5.56 Å². The minimum absolute atomic E-state index is 0.0655. The lowest BCUT2D eigenvalue weighted by atomic mass is 10.1. The summed E-state index contributed by atoms with van der Waals surface area (Å²) in [6.45, 7) is -0.304. The first-order valence-electron chi connectivity index (χ1n) is 8.10. The molecule has 0 unspecified atom stereocenters. The summed E-state index contributed by atoms with van der Waals surface area (Å²) in [5, 5.41) is 20.8. The Bertz CT molecular complexity index is 936. The Morgan fingerprint density at radius 1 is 1.29 bits per heavy atom. The molecule has 0 radical (unpaired) electrons. The van der Waals surface area contributed by atoms with E-state index >= 15 is 0 Å². The van der Waals surface area contributed by atoms with Crippen LogP contribution in [0.25, 0.3) is 6.08 Å². The predicted molar refractivity (Wildman–Crippen MR) is 103 cm³/mol. The van der Waals surface area contributed by atoms with Gasteiger partial charge in [-0.2, -0.15) is 5.26 Å². The molecular formula is C20H17ClN2O5. The molecule has 0 heterocycles. The first-order valence-corrected chi connectivity index (χ1v) is 8.48. The van der Waals surface area contributed by atoms with Gasteiger partial charge in [0.1, 0.15) is 11.6 Å². The first-order chi connectivity index (χ1) is 13.4. The van der Waals surface area contributed by atoms with Crippen LogP contribution in [0.15, 0.2) is 48.0 Å². The second-order valence-electron chi connectivity index (χ2n) is 5.55. The van der Waals surface area contributed by atoms with Gasteiger partial charge in [0.2, 0.25) is 0 Å². The Morgan fingerprint density at radius 3 is 2.61 bits per heavy atom. The summed E-state index contributed by atoms with van der Waals surface area (Å²) < 4.78 is 10.3. The number of carbonyl (C=O) groups is 2. The maximum atomic E-state index is 12.3. The zero-order valence-corrected chi connectivity index (χ0v) is 15.7. The molecule has 0 saturated carbocycles. The lowest BCUT2D eigenvalue weighted by Crippen LogP contribution is -2.23. The zero-order valence-electron chi connectivity index (χ0n) is 14.9. The van der Waals surface area contributed by atoms with Gasteiger partial charge < -0.3 is 19.9 Å². The van der Waals surface area contributed by atoms with Crippen LogP contribution in [0.5, 0.6) is 11.5 Å². The smallest absolute Gasteiger partial charge is 0.341 e. The van der Waals surface area contributed by atoms with Crippen molar-refractivity contribution in [3.63, 3.8) is 0 Å². The lowest BCUT2D eigenvalue weighted by Gasteiger charge is -2.12. The molecule has 0 saturated heterocycles. The van der Waals surface area contributed by atoms with E-state index in [1.807, 2.05) is 36.4 Å². The molecule has 7 nitrogen and oxygen atoms in total. The van der Waals surface area contributed by atoms with Crippen molar-refractivity contribution < 1.29 is 24.2 Å². The molecule has 0 aromatic heterocycles. The second-order valence-corrected chi connectivity index (χ2v) is 5.96. The highest BCUT2D eigenvalue weighted by molar-refractivity contribution is 6.32. The van der Waals surface area contributed by atoms with E-state index in [4.69, 9.17) is 26.2 Å². The van der Waals surface area contributed by atoms with E-state index in [1.54, 1.807) is 0 Å². The van der Waals surface area contributed by atoms with Gasteiger partial charge in [0.05, 0.1) is 12.1 Å². The van der Waals surface area contributed by atoms with E-state index < -0.39 is 18.5 Å². The number of carboxylic acid groups (broad SMARTS) is 1. The van der Waals surface area contributed by atoms with Crippen LogP contribution in [0.2, 0.25) is 5.02 Å². The predicted octanol–water partition coefficient (Wildman–Crippen LogP) is 3.04. The number of halogens is 1. The Balaban J connectivity index is 2.20. The van der Waals surface area contributed by atoms with Crippen molar-refractivity contribution >= 4 is 29.6 Å². The van der Waals surface area contributed by atoms with Gasteiger partial charge in [0.25, 0.3) is 5.91 Å². The van der Waals surface area contributed by atoms with Gasteiger partial charge in [0.15, 0.2) is 18.1 Å². The highest BCUT2D eigenvalue weighted by atomic mass is 35.5. The highest BCUT2D eigenvalue weighted by Crippen LogP contribution is 2.37. The summed E-state index contributed by atoms with van der Waals surface area (Å²) in [4.78, 5) is 23.0. The lowest BCUT2D eigenvalue weighted by molar-refractivity contribution is -0.139. The summed E-state index contributed by atoms with van der Waals surface area (Å²) in [5.74, 6) is -1.45. The fraction of sp³-hybridized carbons (Fsp3) is 0.150. The number of nitrogens with one attached hydrogen (secondary N) is 1. The third-order valence-electron chi connectivity index (χ3n) is 3.56. The molecule has 0 spiro atoms. The number of amides is 1. The SMILES string of the molecule is COc1cc(/C=C(\C#N)C(=O)NCc2ccccc2)cc(Cl)c1OCC(=O)O. The summed E-state index contributed by atoms with van der Waals surface area (Å²) in [6.07, 6.45) is 1.36. The van der Waals surface area contributed by atoms with Crippen molar-refractivity contribution in [2.24, 2.45) is 0 Å². The molecule has 0 fully saturated rings. The number of hydrogen-bond donors (Lipinski definition) is 2. The van der Waals surface area contributed by atoms with Gasteiger partial charge in [-0.1, -0.05) is 41.9 Å². The quantitative estimate of drug-likeness (QED) is 0.520. The maximum Gasteiger partial charge on any atom is 0.341 e. The summed E-state index contributed by atoms with van der Waals surface area (Å²) >= 11 is 6.13. The van der Waals surface area contributed by atoms with Crippen molar-refractivity contribution in [3.8, 4) is 17.6 Å². The zero-order chi connectivity index (χ0) is 20.5. The summed E-state index contributed by atoms with van der Waals surface area (Å²) in [6, 6.07) is 14.1. The summed E-state index contributed by atoms with van der Waals surface area (Å²) in [5.41, 5.74) is 1.21. The van der Waals surface area contributed by atoms with Crippen LogP contribution < -0.4 is 14.8 Å². The fourth-order valence-corrected chi connectivity index (χ4v) is 2.56. The Kier molecular flexibility index (Phi) is 7.43. The molecule has 2 rings (SSSR count). The number of hydrogen-bond acceptors (Lipinski definition) is 5. The number of rotatable bonds is 8. The number of nitrogens with zero attached hydrogens (tertiary/aromatic N) is 1. The van der Waals surface area contributed by atoms with Crippen LogP contribution in [-0.2, 0) is 16.1 Å².